The van der Waals surface area contributed by atoms with E-state index in [9.17, 15) is 4.79 Å². The summed E-state index contributed by atoms with van der Waals surface area (Å²) < 4.78 is 13.3. The number of amides is 1. The van der Waals surface area contributed by atoms with Crippen LogP contribution in [0.15, 0.2) is 28.9 Å². The van der Waals surface area contributed by atoms with Gasteiger partial charge in [0.15, 0.2) is 0 Å². The smallest absolute Gasteiger partial charge is 0.236 e. The number of ether oxygens (including phenoxy) is 1. The Bertz CT molecular complexity index is 709. The van der Waals surface area contributed by atoms with Crippen LogP contribution < -0.4 is 0 Å². The molecule has 1 amide bonds. The molecule has 0 N–H and O–H groups in total. The third-order valence-electron chi connectivity index (χ3n) is 4.35. The van der Waals surface area contributed by atoms with E-state index in [1.54, 1.807) is 4.90 Å². The quantitative estimate of drug-likeness (QED) is 0.792. The van der Waals surface area contributed by atoms with Gasteiger partial charge in [0.1, 0.15) is 11.5 Å². The summed E-state index contributed by atoms with van der Waals surface area (Å²) in [6, 6.07) is 3.83. The molecule has 3 rings (SSSR count). The van der Waals surface area contributed by atoms with E-state index in [-0.39, 0.29) is 12.0 Å². The van der Waals surface area contributed by atoms with E-state index in [1.165, 1.54) is 0 Å². The molecule has 3 heterocycles. The van der Waals surface area contributed by atoms with Crippen LogP contribution in [0.5, 0.6) is 0 Å². The van der Waals surface area contributed by atoms with Crippen molar-refractivity contribution in [3.05, 3.63) is 41.6 Å². The maximum Gasteiger partial charge on any atom is 0.236 e. The minimum Gasteiger partial charge on any atom is -0.464 e. The van der Waals surface area contributed by atoms with Gasteiger partial charge >= 0.3 is 0 Å². The van der Waals surface area contributed by atoms with Gasteiger partial charge in [0.05, 0.1) is 38.5 Å². The Balaban J connectivity index is 1.48. The lowest BCUT2D eigenvalue weighted by Gasteiger charge is -2.33. The molecule has 2 aromatic heterocycles. The molecule has 1 aliphatic rings. The van der Waals surface area contributed by atoms with Gasteiger partial charge in [-0.1, -0.05) is 0 Å². The van der Waals surface area contributed by atoms with Gasteiger partial charge in [-0.3, -0.25) is 14.4 Å². The number of aromatic nitrogens is 2. The predicted molar refractivity (Wildman–Crippen MR) is 93.1 cm³/mol. The van der Waals surface area contributed by atoms with Crippen LogP contribution in [0, 0.1) is 13.8 Å². The SMILES string of the molecule is Cc1cnn(CC2CN(CC(=O)N(C)Cc3ccc(C)o3)CCO2)c1. The van der Waals surface area contributed by atoms with Gasteiger partial charge in [0.25, 0.3) is 0 Å². The van der Waals surface area contributed by atoms with Crippen molar-refractivity contribution < 1.29 is 13.9 Å². The fraction of sp³-hybridized carbons (Fsp3) is 0.556. The molecule has 1 aliphatic heterocycles. The number of hydrogen-bond donors (Lipinski definition) is 0. The molecule has 1 fully saturated rings. The van der Waals surface area contributed by atoms with Crippen molar-refractivity contribution in [1.29, 1.82) is 0 Å². The van der Waals surface area contributed by atoms with Crippen LogP contribution in [-0.4, -0.2) is 64.9 Å². The van der Waals surface area contributed by atoms with Crippen LogP contribution in [0.2, 0.25) is 0 Å². The maximum atomic E-state index is 12.5. The van der Waals surface area contributed by atoms with E-state index in [0.717, 1.165) is 30.2 Å². The summed E-state index contributed by atoms with van der Waals surface area (Å²) in [5, 5.41) is 4.31. The molecule has 0 aliphatic carbocycles. The molecule has 25 heavy (non-hydrogen) atoms. The summed E-state index contributed by atoms with van der Waals surface area (Å²) in [6.07, 6.45) is 3.90. The van der Waals surface area contributed by atoms with Crippen LogP contribution in [-0.2, 0) is 22.6 Å². The Morgan fingerprint density at radius 2 is 2.24 bits per heavy atom. The first-order chi connectivity index (χ1) is 12.0. The van der Waals surface area contributed by atoms with Gasteiger partial charge in [-0.2, -0.15) is 5.10 Å². The summed E-state index contributed by atoms with van der Waals surface area (Å²) in [6.45, 7) is 7.67. The van der Waals surface area contributed by atoms with Gasteiger partial charge in [0.2, 0.25) is 5.91 Å². The van der Waals surface area contributed by atoms with Crippen molar-refractivity contribution in [2.24, 2.45) is 0 Å². The lowest BCUT2D eigenvalue weighted by Crippen LogP contribution is -2.48. The average molecular weight is 346 g/mol. The van der Waals surface area contributed by atoms with Crippen molar-refractivity contribution in [2.75, 3.05) is 33.3 Å². The molecule has 2 aromatic rings. The predicted octanol–water partition coefficient (Wildman–Crippen LogP) is 1.45. The number of carbonyl (C=O) groups is 1. The second kappa shape index (κ2) is 7.84. The molecular weight excluding hydrogens is 320 g/mol. The maximum absolute atomic E-state index is 12.5. The minimum absolute atomic E-state index is 0.0545. The molecule has 0 bridgehead atoms. The van der Waals surface area contributed by atoms with E-state index in [1.807, 2.05) is 50.1 Å². The van der Waals surface area contributed by atoms with Crippen LogP contribution in [0.25, 0.3) is 0 Å². The molecule has 1 unspecified atom stereocenters. The standard InChI is InChI=1S/C18H26N4O3/c1-14-8-19-22(9-14)12-17-11-21(6-7-24-17)13-18(23)20(3)10-16-5-4-15(2)25-16/h4-5,8-9,17H,6-7,10-13H2,1-3H3. The number of nitrogens with zero attached hydrogens (tertiary/aromatic N) is 4. The van der Waals surface area contributed by atoms with Crippen molar-refractivity contribution in [1.82, 2.24) is 19.6 Å². The van der Waals surface area contributed by atoms with Gasteiger partial charge in [-0.25, -0.2) is 0 Å². The topological polar surface area (TPSA) is 63.7 Å². The molecule has 1 saturated heterocycles. The van der Waals surface area contributed by atoms with E-state index in [4.69, 9.17) is 9.15 Å². The zero-order valence-corrected chi connectivity index (χ0v) is 15.1. The first-order valence-corrected chi connectivity index (χ1v) is 8.62. The molecule has 0 spiro atoms. The van der Waals surface area contributed by atoms with Crippen LogP contribution in [0.3, 0.4) is 0 Å². The molecule has 7 nitrogen and oxygen atoms in total. The van der Waals surface area contributed by atoms with Crippen molar-refractivity contribution in [3.63, 3.8) is 0 Å². The lowest BCUT2D eigenvalue weighted by molar-refractivity contribution is -0.134. The highest BCUT2D eigenvalue weighted by Crippen LogP contribution is 2.11. The number of furan rings is 1. The third kappa shape index (κ3) is 4.93. The van der Waals surface area contributed by atoms with E-state index < -0.39 is 0 Å². The Morgan fingerprint density at radius 1 is 1.40 bits per heavy atom. The Morgan fingerprint density at radius 3 is 2.92 bits per heavy atom. The Kier molecular flexibility index (Phi) is 5.55. The van der Waals surface area contributed by atoms with E-state index in [0.29, 0.717) is 26.2 Å². The number of likely N-dealkylation sites (N-methyl/N-ethyl adjacent to an activating group) is 1. The Labute approximate surface area is 148 Å². The molecule has 1 atom stereocenters. The number of hydrogen-bond acceptors (Lipinski definition) is 5. The number of rotatable bonds is 6. The number of aryl methyl sites for hydroxylation is 2. The summed E-state index contributed by atoms with van der Waals surface area (Å²) in [4.78, 5) is 16.3. The zero-order chi connectivity index (χ0) is 17.8. The first-order valence-electron chi connectivity index (χ1n) is 8.62. The largest absolute Gasteiger partial charge is 0.464 e. The number of morpholine rings is 1. The van der Waals surface area contributed by atoms with E-state index in [2.05, 4.69) is 10.00 Å². The molecular formula is C18H26N4O3. The highest BCUT2D eigenvalue weighted by Gasteiger charge is 2.24. The zero-order valence-electron chi connectivity index (χ0n) is 15.1. The highest BCUT2D eigenvalue weighted by molar-refractivity contribution is 5.77. The second-order valence-corrected chi connectivity index (χ2v) is 6.73. The molecule has 7 heteroatoms. The van der Waals surface area contributed by atoms with Crippen molar-refractivity contribution in [3.8, 4) is 0 Å². The lowest BCUT2D eigenvalue weighted by atomic mass is 10.2. The third-order valence-corrected chi connectivity index (χ3v) is 4.35. The van der Waals surface area contributed by atoms with Gasteiger partial charge in [-0.05, 0) is 31.5 Å². The second-order valence-electron chi connectivity index (χ2n) is 6.73. The monoisotopic (exact) mass is 346 g/mol. The normalized spacial score (nSPS) is 18.4. The average Bonchev–Trinajstić information content (AvgIpc) is 3.16. The molecule has 0 aromatic carbocycles. The minimum atomic E-state index is 0.0545. The van der Waals surface area contributed by atoms with Crippen LogP contribution in [0.1, 0.15) is 17.1 Å². The molecule has 0 saturated carbocycles. The highest BCUT2D eigenvalue weighted by atomic mass is 16.5. The molecule has 0 radical (unpaired) electrons. The summed E-state index contributed by atoms with van der Waals surface area (Å²) >= 11 is 0. The Hall–Kier alpha value is -2.12. The van der Waals surface area contributed by atoms with Crippen LogP contribution >= 0.6 is 0 Å². The van der Waals surface area contributed by atoms with Gasteiger partial charge < -0.3 is 14.1 Å². The number of carbonyl (C=O) groups excluding carboxylic acids is 1. The van der Waals surface area contributed by atoms with Gasteiger partial charge in [-0.15, -0.1) is 0 Å². The first kappa shape index (κ1) is 17.7. The molecule has 136 valence electrons. The summed E-state index contributed by atoms with van der Waals surface area (Å²) in [5.41, 5.74) is 1.14. The van der Waals surface area contributed by atoms with E-state index >= 15 is 0 Å². The van der Waals surface area contributed by atoms with Gasteiger partial charge in [0, 0.05) is 26.3 Å². The summed E-state index contributed by atoms with van der Waals surface area (Å²) in [7, 11) is 1.81. The fourth-order valence-corrected chi connectivity index (χ4v) is 3.01. The van der Waals surface area contributed by atoms with Crippen molar-refractivity contribution in [2.45, 2.75) is 33.0 Å². The van der Waals surface area contributed by atoms with Crippen LogP contribution in [0.4, 0.5) is 0 Å². The fourth-order valence-electron chi connectivity index (χ4n) is 3.01. The summed E-state index contributed by atoms with van der Waals surface area (Å²) in [5.74, 6) is 1.76. The van der Waals surface area contributed by atoms with Crippen molar-refractivity contribution >= 4 is 5.91 Å².